The first-order valence-corrected chi connectivity index (χ1v) is 8.06. The van der Waals surface area contributed by atoms with Crippen molar-refractivity contribution in [2.24, 2.45) is 5.73 Å². The highest BCUT2D eigenvalue weighted by molar-refractivity contribution is 5.31. The van der Waals surface area contributed by atoms with Crippen LogP contribution in [0.25, 0.3) is 0 Å². The summed E-state index contributed by atoms with van der Waals surface area (Å²) < 4.78 is 13.6. The zero-order chi connectivity index (χ0) is 15.5. The van der Waals surface area contributed by atoms with Gasteiger partial charge in [0.15, 0.2) is 5.75 Å². The molecule has 5 heteroatoms. The molecule has 0 radical (unpaired) electrons. The van der Waals surface area contributed by atoms with E-state index in [1.54, 1.807) is 13.3 Å². The molecule has 0 bridgehead atoms. The lowest BCUT2D eigenvalue weighted by atomic mass is 9.78. The largest absolute Gasteiger partial charge is 0.493 e. The number of nitrogens with zero attached hydrogens (tertiary/aromatic N) is 2. The fraction of sp³-hybridized carbons (Fsp3) is 0.812. The molecule has 1 aromatic rings. The summed E-state index contributed by atoms with van der Waals surface area (Å²) in [5.41, 5.74) is 7.36. The Balaban J connectivity index is 2.40. The van der Waals surface area contributed by atoms with Crippen molar-refractivity contribution in [2.75, 3.05) is 13.7 Å². The second-order valence-electron chi connectivity index (χ2n) is 6.17. The van der Waals surface area contributed by atoms with Crippen molar-refractivity contribution in [2.45, 2.75) is 70.6 Å². The second-order valence-corrected chi connectivity index (χ2v) is 6.17. The van der Waals surface area contributed by atoms with E-state index in [0.29, 0.717) is 6.61 Å². The van der Waals surface area contributed by atoms with Crippen LogP contribution in [0.15, 0.2) is 6.20 Å². The minimum Gasteiger partial charge on any atom is -0.493 e. The Morgan fingerprint density at radius 1 is 1.33 bits per heavy atom. The Bertz CT molecular complexity index is 445. The summed E-state index contributed by atoms with van der Waals surface area (Å²) in [6, 6.07) is 0.0369. The average Bonchev–Trinajstić information content (AvgIpc) is 2.91. The van der Waals surface area contributed by atoms with E-state index in [9.17, 15) is 0 Å². The van der Waals surface area contributed by atoms with Gasteiger partial charge < -0.3 is 15.2 Å². The third-order valence-corrected chi connectivity index (χ3v) is 4.50. The van der Waals surface area contributed by atoms with Crippen molar-refractivity contribution in [3.63, 3.8) is 0 Å². The predicted molar refractivity (Wildman–Crippen MR) is 83.5 cm³/mol. The summed E-state index contributed by atoms with van der Waals surface area (Å²) >= 11 is 0. The van der Waals surface area contributed by atoms with Crippen molar-refractivity contribution >= 4 is 0 Å². The van der Waals surface area contributed by atoms with Gasteiger partial charge in [0.05, 0.1) is 24.9 Å². The molecule has 1 atom stereocenters. The van der Waals surface area contributed by atoms with Gasteiger partial charge in [0.1, 0.15) is 5.69 Å². The minimum atomic E-state index is -0.285. The molecule has 0 aliphatic heterocycles. The van der Waals surface area contributed by atoms with Crippen molar-refractivity contribution in [3.05, 3.63) is 11.9 Å². The molecule has 5 nitrogen and oxygen atoms in total. The topological polar surface area (TPSA) is 62.3 Å². The highest BCUT2D eigenvalue weighted by Crippen LogP contribution is 2.43. The lowest BCUT2D eigenvalue weighted by molar-refractivity contribution is -0.0850. The molecule has 1 aliphatic carbocycles. The maximum atomic E-state index is 6.68. The Kier molecular flexibility index (Phi) is 5.27. The fourth-order valence-electron chi connectivity index (χ4n) is 3.45. The number of hydrogen-bond acceptors (Lipinski definition) is 4. The molecule has 2 N–H and O–H groups in total. The van der Waals surface area contributed by atoms with Crippen LogP contribution in [-0.4, -0.2) is 29.1 Å². The normalized spacial score (nSPS) is 19.7. The smallest absolute Gasteiger partial charge is 0.161 e. The van der Waals surface area contributed by atoms with Crippen LogP contribution in [-0.2, 0) is 4.74 Å². The molecular weight excluding hydrogens is 266 g/mol. The molecule has 21 heavy (non-hydrogen) atoms. The summed E-state index contributed by atoms with van der Waals surface area (Å²) in [5.74, 6) is 0.765. The van der Waals surface area contributed by atoms with Gasteiger partial charge in [0, 0.05) is 12.6 Å². The fourth-order valence-corrected chi connectivity index (χ4v) is 3.45. The van der Waals surface area contributed by atoms with Gasteiger partial charge in [-0.1, -0.05) is 19.3 Å². The third-order valence-electron chi connectivity index (χ3n) is 4.50. The number of hydrogen-bond donors (Lipinski definition) is 1. The van der Waals surface area contributed by atoms with Crippen molar-refractivity contribution in [1.29, 1.82) is 0 Å². The van der Waals surface area contributed by atoms with Crippen LogP contribution in [0.3, 0.4) is 0 Å². The summed E-state index contributed by atoms with van der Waals surface area (Å²) in [7, 11) is 1.67. The van der Waals surface area contributed by atoms with Gasteiger partial charge in [-0.05, 0) is 33.6 Å². The Morgan fingerprint density at radius 3 is 2.52 bits per heavy atom. The quantitative estimate of drug-likeness (QED) is 0.875. The molecule has 0 aromatic carbocycles. The van der Waals surface area contributed by atoms with E-state index in [4.69, 9.17) is 15.2 Å². The van der Waals surface area contributed by atoms with Crippen LogP contribution in [0.1, 0.15) is 70.7 Å². The van der Waals surface area contributed by atoms with Crippen LogP contribution in [0.2, 0.25) is 0 Å². The van der Waals surface area contributed by atoms with E-state index >= 15 is 0 Å². The van der Waals surface area contributed by atoms with Gasteiger partial charge in [-0.15, -0.1) is 0 Å². The number of rotatable bonds is 6. The van der Waals surface area contributed by atoms with Crippen LogP contribution >= 0.6 is 0 Å². The van der Waals surface area contributed by atoms with Crippen molar-refractivity contribution in [1.82, 2.24) is 9.78 Å². The SMILES string of the molecule is CCOC1(C(N)c2c(OC)cnn2C(C)C)CCCCC1. The molecule has 2 rings (SSSR count). The maximum absolute atomic E-state index is 6.68. The standard InChI is InChI=1S/C16H29N3O2/c1-5-21-16(9-7-6-8-10-16)15(17)14-13(20-4)11-18-19(14)12(2)3/h11-12,15H,5-10,17H2,1-4H3. The molecule has 1 heterocycles. The van der Waals surface area contributed by atoms with Gasteiger partial charge in [-0.3, -0.25) is 4.68 Å². The maximum Gasteiger partial charge on any atom is 0.161 e. The lowest BCUT2D eigenvalue weighted by Gasteiger charge is -2.42. The highest BCUT2D eigenvalue weighted by Gasteiger charge is 2.42. The summed E-state index contributed by atoms with van der Waals surface area (Å²) in [6.45, 7) is 6.94. The Labute approximate surface area is 127 Å². The molecular formula is C16H29N3O2. The second kappa shape index (κ2) is 6.79. The first-order valence-electron chi connectivity index (χ1n) is 8.06. The van der Waals surface area contributed by atoms with E-state index in [1.807, 2.05) is 11.6 Å². The third kappa shape index (κ3) is 3.09. The monoisotopic (exact) mass is 295 g/mol. The molecule has 1 saturated carbocycles. The van der Waals surface area contributed by atoms with Gasteiger partial charge in [0.25, 0.3) is 0 Å². The van der Waals surface area contributed by atoms with Gasteiger partial charge in [-0.25, -0.2) is 0 Å². The number of aromatic nitrogens is 2. The molecule has 0 spiro atoms. The van der Waals surface area contributed by atoms with Crippen LogP contribution in [0.5, 0.6) is 5.75 Å². The van der Waals surface area contributed by atoms with E-state index in [2.05, 4.69) is 18.9 Å². The molecule has 0 saturated heterocycles. The van der Waals surface area contributed by atoms with Gasteiger partial charge in [0.2, 0.25) is 0 Å². The van der Waals surface area contributed by atoms with Crippen molar-refractivity contribution in [3.8, 4) is 5.75 Å². The summed E-state index contributed by atoms with van der Waals surface area (Å²) in [5, 5.41) is 4.45. The molecule has 1 fully saturated rings. The molecule has 0 amide bonds. The Morgan fingerprint density at radius 2 is 2.00 bits per heavy atom. The lowest BCUT2D eigenvalue weighted by Crippen LogP contribution is -2.46. The van der Waals surface area contributed by atoms with E-state index in [-0.39, 0.29) is 17.7 Å². The Hall–Kier alpha value is -1.07. The molecule has 1 aliphatic rings. The van der Waals surface area contributed by atoms with Crippen LogP contribution in [0.4, 0.5) is 0 Å². The first-order chi connectivity index (χ1) is 10.1. The average molecular weight is 295 g/mol. The zero-order valence-electron chi connectivity index (χ0n) is 13.8. The molecule has 1 unspecified atom stereocenters. The van der Waals surface area contributed by atoms with Crippen LogP contribution in [0, 0.1) is 0 Å². The van der Waals surface area contributed by atoms with E-state index in [0.717, 1.165) is 24.3 Å². The highest BCUT2D eigenvalue weighted by atomic mass is 16.5. The number of ether oxygens (including phenoxy) is 2. The minimum absolute atomic E-state index is 0.211. The predicted octanol–water partition coefficient (Wildman–Crippen LogP) is 3.21. The summed E-state index contributed by atoms with van der Waals surface area (Å²) in [6.07, 6.45) is 7.39. The molecule has 120 valence electrons. The summed E-state index contributed by atoms with van der Waals surface area (Å²) in [4.78, 5) is 0. The number of methoxy groups -OCH3 is 1. The van der Waals surface area contributed by atoms with E-state index < -0.39 is 0 Å². The van der Waals surface area contributed by atoms with Crippen LogP contribution < -0.4 is 10.5 Å². The van der Waals surface area contributed by atoms with Gasteiger partial charge >= 0.3 is 0 Å². The van der Waals surface area contributed by atoms with Crippen molar-refractivity contribution < 1.29 is 9.47 Å². The number of nitrogens with two attached hydrogens (primary N) is 1. The molecule has 1 aromatic heterocycles. The zero-order valence-corrected chi connectivity index (χ0v) is 13.8. The van der Waals surface area contributed by atoms with Gasteiger partial charge in [-0.2, -0.15) is 5.10 Å². The first kappa shape index (κ1) is 16.3. The van der Waals surface area contributed by atoms with E-state index in [1.165, 1.54) is 19.3 Å².